The van der Waals surface area contributed by atoms with Crippen molar-refractivity contribution in [2.45, 2.75) is 31.4 Å². The van der Waals surface area contributed by atoms with Crippen LogP contribution in [0.1, 0.15) is 18.7 Å². The number of aryl methyl sites for hydroxylation is 1. The zero-order chi connectivity index (χ0) is 9.97. The van der Waals surface area contributed by atoms with E-state index in [1.807, 2.05) is 7.05 Å². The van der Waals surface area contributed by atoms with Crippen LogP contribution in [0.25, 0.3) is 0 Å². The molecule has 1 fully saturated rings. The van der Waals surface area contributed by atoms with Gasteiger partial charge in [0.05, 0.1) is 6.10 Å². The van der Waals surface area contributed by atoms with Crippen LogP contribution in [0, 0.1) is 0 Å². The molecule has 14 heavy (non-hydrogen) atoms. The Morgan fingerprint density at radius 2 is 2.64 bits per heavy atom. The molecule has 0 aromatic carbocycles. The third kappa shape index (κ3) is 1.93. The third-order valence-corrected chi connectivity index (χ3v) is 2.76. The van der Waals surface area contributed by atoms with E-state index in [4.69, 9.17) is 0 Å². The predicted molar refractivity (Wildman–Crippen MR) is 51.7 cm³/mol. The zero-order valence-corrected chi connectivity index (χ0v) is 8.35. The van der Waals surface area contributed by atoms with Gasteiger partial charge in [-0.25, -0.2) is 4.98 Å². The van der Waals surface area contributed by atoms with Crippen molar-refractivity contribution in [3.63, 3.8) is 0 Å². The molecule has 2 rings (SSSR count). The fraction of sp³-hybridized carbons (Fsp3) is 0.778. The van der Waals surface area contributed by atoms with Gasteiger partial charge in [0.1, 0.15) is 12.2 Å². The monoisotopic (exact) mass is 196 g/mol. The number of nitrogens with zero attached hydrogens (tertiary/aromatic N) is 3. The van der Waals surface area contributed by atoms with E-state index in [0.29, 0.717) is 6.42 Å². The predicted octanol–water partition coefficient (Wildman–Crippen LogP) is -0.530. The van der Waals surface area contributed by atoms with Crippen LogP contribution >= 0.6 is 0 Å². The van der Waals surface area contributed by atoms with Crippen LogP contribution in [0.2, 0.25) is 0 Å². The standard InChI is InChI=1S/C9H16N4O/c1-13-9(11-6-12-13)5-8(14)7-3-2-4-10-7/h6-8,10,14H,2-5H2,1H3. The Morgan fingerprint density at radius 1 is 1.79 bits per heavy atom. The summed E-state index contributed by atoms with van der Waals surface area (Å²) in [4.78, 5) is 4.09. The Labute approximate surface area is 83.2 Å². The van der Waals surface area contributed by atoms with E-state index in [-0.39, 0.29) is 12.1 Å². The number of nitrogens with one attached hydrogen (secondary N) is 1. The normalized spacial score (nSPS) is 24.0. The van der Waals surface area contributed by atoms with E-state index < -0.39 is 0 Å². The lowest BCUT2D eigenvalue weighted by molar-refractivity contribution is 0.133. The fourth-order valence-electron chi connectivity index (χ4n) is 1.87. The molecule has 2 unspecified atom stereocenters. The first kappa shape index (κ1) is 9.61. The summed E-state index contributed by atoms with van der Waals surface area (Å²) in [5, 5.41) is 17.2. The van der Waals surface area contributed by atoms with Gasteiger partial charge in [0.25, 0.3) is 0 Å². The van der Waals surface area contributed by atoms with Crippen LogP contribution in [0.5, 0.6) is 0 Å². The summed E-state index contributed by atoms with van der Waals surface area (Å²) in [6.07, 6.45) is 3.96. The van der Waals surface area contributed by atoms with Crippen molar-refractivity contribution < 1.29 is 5.11 Å². The maximum Gasteiger partial charge on any atom is 0.138 e. The number of aliphatic hydroxyl groups excluding tert-OH is 1. The maximum absolute atomic E-state index is 9.90. The van der Waals surface area contributed by atoms with Crippen LogP contribution in [-0.4, -0.2) is 38.6 Å². The highest BCUT2D eigenvalue weighted by Gasteiger charge is 2.23. The van der Waals surface area contributed by atoms with E-state index >= 15 is 0 Å². The Balaban J connectivity index is 1.93. The molecule has 78 valence electrons. The van der Waals surface area contributed by atoms with Crippen LogP contribution in [0.3, 0.4) is 0 Å². The van der Waals surface area contributed by atoms with Gasteiger partial charge in [-0.2, -0.15) is 5.10 Å². The first-order chi connectivity index (χ1) is 6.77. The molecule has 5 nitrogen and oxygen atoms in total. The molecule has 2 atom stereocenters. The average molecular weight is 196 g/mol. The van der Waals surface area contributed by atoms with Gasteiger partial charge in [-0.1, -0.05) is 0 Å². The molecule has 1 saturated heterocycles. The summed E-state index contributed by atoms with van der Waals surface area (Å²) >= 11 is 0. The summed E-state index contributed by atoms with van der Waals surface area (Å²) in [5.41, 5.74) is 0. The molecule has 1 aliphatic rings. The van der Waals surface area contributed by atoms with Crippen molar-refractivity contribution in [3.05, 3.63) is 12.2 Å². The van der Waals surface area contributed by atoms with E-state index in [9.17, 15) is 5.11 Å². The summed E-state index contributed by atoms with van der Waals surface area (Å²) < 4.78 is 1.71. The molecule has 0 radical (unpaired) electrons. The first-order valence-electron chi connectivity index (χ1n) is 5.01. The zero-order valence-electron chi connectivity index (χ0n) is 8.35. The van der Waals surface area contributed by atoms with Gasteiger partial charge in [0.15, 0.2) is 0 Å². The van der Waals surface area contributed by atoms with Gasteiger partial charge in [0.2, 0.25) is 0 Å². The highest BCUT2D eigenvalue weighted by Crippen LogP contribution is 2.12. The molecule has 0 bridgehead atoms. The van der Waals surface area contributed by atoms with Crippen molar-refractivity contribution in [1.29, 1.82) is 0 Å². The smallest absolute Gasteiger partial charge is 0.138 e. The van der Waals surface area contributed by atoms with E-state index in [1.54, 1.807) is 4.68 Å². The Bertz CT molecular complexity index is 293. The van der Waals surface area contributed by atoms with Crippen molar-refractivity contribution in [3.8, 4) is 0 Å². The summed E-state index contributed by atoms with van der Waals surface area (Å²) in [5.74, 6) is 0.839. The van der Waals surface area contributed by atoms with Crippen molar-refractivity contribution in [2.75, 3.05) is 6.54 Å². The lowest BCUT2D eigenvalue weighted by Crippen LogP contribution is -2.36. The van der Waals surface area contributed by atoms with Crippen LogP contribution < -0.4 is 5.32 Å². The SMILES string of the molecule is Cn1ncnc1CC(O)C1CCCN1. The van der Waals surface area contributed by atoms with Crippen molar-refractivity contribution in [2.24, 2.45) is 7.05 Å². The minimum Gasteiger partial charge on any atom is -0.391 e. The number of hydrogen-bond donors (Lipinski definition) is 2. The van der Waals surface area contributed by atoms with E-state index in [2.05, 4.69) is 15.4 Å². The molecule has 2 N–H and O–H groups in total. The van der Waals surface area contributed by atoms with E-state index in [1.165, 1.54) is 6.33 Å². The molecule has 0 amide bonds. The summed E-state index contributed by atoms with van der Waals surface area (Å²) in [6.45, 7) is 1.01. The molecule has 2 heterocycles. The quantitative estimate of drug-likeness (QED) is 0.682. The Hall–Kier alpha value is -0.940. The molecular weight excluding hydrogens is 180 g/mol. The molecule has 1 aromatic rings. The average Bonchev–Trinajstić information content (AvgIpc) is 2.77. The Kier molecular flexibility index (Phi) is 2.79. The first-order valence-corrected chi connectivity index (χ1v) is 5.01. The van der Waals surface area contributed by atoms with Crippen LogP contribution in [0.15, 0.2) is 6.33 Å². The lowest BCUT2D eigenvalue weighted by Gasteiger charge is -2.17. The number of aromatic nitrogens is 3. The van der Waals surface area contributed by atoms with Crippen LogP contribution in [0.4, 0.5) is 0 Å². The maximum atomic E-state index is 9.90. The Morgan fingerprint density at radius 3 is 3.21 bits per heavy atom. The number of hydrogen-bond acceptors (Lipinski definition) is 4. The topological polar surface area (TPSA) is 63.0 Å². The largest absolute Gasteiger partial charge is 0.391 e. The second kappa shape index (κ2) is 4.06. The lowest BCUT2D eigenvalue weighted by atomic mass is 10.1. The molecular formula is C9H16N4O. The minimum absolute atomic E-state index is 0.228. The van der Waals surface area contributed by atoms with Crippen LogP contribution in [-0.2, 0) is 13.5 Å². The second-order valence-electron chi connectivity index (χ2n) is 3.77. The molecule has 0 spiro atoms. The number of rotatable bonds is 3. The second-order valence-corrected chi connectivity index (χ2v) is 3.77. The molecule has 0 aliphatic carbocycles. The van der Waals surface area contributed by atoms with Crippen molar-refractivity contribution in [1.82, 2.24) is 20.1 Å². The minimum atomic E-state index is -0.347. The summed E-state index contributed by atoms with van der Waals surface area (Å²) in [7, 11) is 1.84. The molecule has 0 saturated carbocycles. The molecule has 5 heteroatoms. The van der Waals surface area contributed by atoms with Gasteiger partial charge in [-0.3, -0.25) is 4.68 Å². The van der Waals surface area contributed by atoms with Gasteiger partial charge in [0, 0.05) is 19.5 Å². The molecule has 1 aliphatic heterocycles. The highest BCUT2D eigenvalue weighted by atomic mass is 16.3. The fourth-order valence-corrected chi connectivity index (χ4v) is 1.87. The van der Waals surface area contributed by atoms with Crippen molar-refractivity contribution >= 4 is 0 Å². The highest BCUT2D eigenvalue weighted by molar-refractivity contribution is 4.92. The van der Waals surface area contributed by atoms with Gasteiger partial charge in [-0.15, -0.1) is 0 Å². The van der Waals surface area contributed by atoms with Gasteiger partial charge in [-0.05, 0) is 19.4 Å². The van der Waals surface area contributed by atoms with E-state index in [0.717, 1.165) is 25.2 Å². The number of aliphatic hydroxyl groups is 1. The van der Waals surface area contributed by atoms with Gasteiger partial charge >= 0.3 is 0 Å². The third-order valence-electron chi connectivity index (χ3n) is 2.76. The van der Waals surface area contributed by atoms with Gasteiger partial charge < -0.3 is 10.4 Å². The summed E-state index contributed by atoms with van der Waals surface area (Å²) in [6, 6.07) is 0.228. The molecule has 1 aromatic heterocycles.